The smallest absolute Gasteiger partial charge is 0.247 e. The zero-order valence-corrected chi connectivity index (χ0v) is 26.0. The number of rotatable bonds is 17. The summed E-state index contributed by atoms with van der Waals surface area (Å²) in [6.07, 6.45) is 9.11. The summed E-state index contributed by atoms with van der Waals surface area (Å²) in [5, 5.41) is 9.42. The van der Waals surface area contributed by atoms with Gasteiger partial charge in [0.05, 0.1) is 23.2 Å². The maximum absolute atomic E-state index is 14.4. The molecule has 5 atom stereocenters. The number of carbonyl (C=O) groups is 3. The largest absolute Gasteiger partial charge is 0.494 e. The number of nitrogens with zero attached hydrogens (tertiary/aromatic N) is 3. The number of likely N-dealkylation sites (tertiary alicyclic amines) is 1. The summed E-state index contributed by atoms with van der Waals surface area (Å²) in [6.45, 7) is 14.2. The maximum atomic E-state index is 14.4. The number of aliphatic hydroxyl groups is 1. The monoisotopic (exact) mass is 597 g/mol. The van der Waals surface area contributed by atoms with Crippen molar-refractivity contribution in [3.8, 4) is 5.75 Å². The molecule has 1 N–H and O–H groups in total. The lowest BCUT2D eigenvalue weighted by Gasteiger charge is -2.37. The van der Waals surface area contributed by atoms with Crippen LogP contribution in [0.2, 0.25) is 0 Å². The number of thioether (sulfide) groups is 1. The van der Waals surface area contributed by atoms with E-state index < -0.39 is 22.6 Å². The number of carbonyl (C=O) groups excluding carboxylic acids is 3. The number of amides is 3. The van der Waals surface area contributed by atoms with Gasteiger partial charge in [0.15, 0.2) is 0 Å². The molecule has 0 saturated carbocycles. The van der Waals surface area contributed by atoms with Gasteiger partial charge < -0.3 is 24.5 Å². The van der Waals surface area contributed by atoms with Crippen LogP contribution < -0.4 is 9.64 Å². The number of aliphatic hydroxyl groups excluding tert-OH is 1. The molecule has 1 spiro atoms. The number of fused-ring (bicyclic) bond motifs is 1. The van der Waals surface area contributed by atoms with Crippen LogP contribution in [0.5, 0.6) is 5.75 Å². The first-order valence-corrected chi connectivity index (χ1v) is 16.4. The molecule has 3 aliphatic rings. The highest BCUT2D eigenvalue weighted by Gasteiger charge is 2.74. The third-order valence-electron chi connectivity index (χ3n) is 8.86. The molecule has 9 heteroatoms. The molecule has 4 rings (SSSR count). The zero-order valence-electron chi connectivity index (χ0n) is 25.2. The van der Waals surface area contributed by atoms with Crippen molar-refractivity contribution in [1.29, 1.82) is 0 Å². The van der Waals surface area contributed by atoms with Crippen LogP contribution in [0.1, 0.15) is 58.8 Å². The Labute approximate surface area is 255 Å². The molecule has 3 amide bonds. The molecular formula is C33H47N3O5S. The quantitative estimate of drug-likeness (QED) is 0.207. The predicted molar refractivity (Wildman–Crippen MR) is 169 cm³/mol. The van der Waals surface area contributed by atoms with Crippen molar-refractivity contribution in [3.63, 3.8) is 0 Å². The summed E-state index contributed by atoms with van der Waals surface area (Å²) in [5.41, 5.74) is 0.733. The Balaban J connectivity index is 1.68. The van der Waals surface area contributed by atoms with Gasteiger partial charge in [-0.25, -0.2) is 0 Å². The van der Waals surface area contributed by atoms with Gasteiger partial charge >= 0.3 is 0 Å². The summed E-state index contributed by atoms with van der Waals surface area (Å²) < 4.78 is 4.95. The van der Waals surface area contributed by atoms with Crippen molar-refractivity contribution >= 4 is 35.2 Å². The average molecular weight is 598 g/mol. The Kier molecular flexibility index (Phi) is 11.2. The molecule has 3 aliphatic heterocycles. The lowest BCUT2D eigenvalue weighted by molar-refractivity contribution is -0.142. The SMILES string of the molecule is C=CCN(CCCCC)C(=O)C1N(CCCCO)C(=O)[C@@H]2[C@@H](C(=O)N(CC=C)c3ccc(OCC)cc3)[C@H]3CCC12S3. The maximum Gasteiger partial charge on any atom is 0.247 e. The topological polar surface area (TPSA) is 90.4 Å². The van der Waals surface area contributed by atoms with Gasteiger partial charge in [-0.15, -0.1) is 24.9 Å². The van der Waals surface area contributed by atoms with Crippen molar-refractivity contribution in [1.82, 2.24) is 9.80 Å². The Morgan fingerprint density at radius 1 is 1.10 bits per heavy atom. The lowest BCUT2D eigenvalue weighted by atomic mass is 9.70. The number of ether oxygens (including phenoxy) is 1. The van der Waals surface area contributed by atoms with E-state index in [1.807, 2.05) is 36.1 Å². The molecule has 1 aromatic rings. The van der Waals surface area contributed by atoms with Crippen LogP contribution in [0, 0.1) is 11.8 Å². The van der Waals surface area contributed by atoms with Gasteiger partial charge in [0, 0.05) is 43.7 Å². The number of benzene rings is 1. The fraction of sp³-hybridized carbons (Fsp3) is 0.606. The van der Waals surface area contributed by atoms with E-state index in [2.05, 4.69) is 20.1 Å². The average Bonchev–Trinajstić information content (AvgIpc) is 3.63. The molecule has 0 aromatic heterocycles. The summed E-state index contributed by atoms with van der Waals surface area (Å²) in [5.74, 6) is -0.582. The van der Waals surface area contributed by atoms with Gasteiger partial charge in [-0.2, -0.15) is 0 Å². The molecule has 8 nitrogen and oxygen atoms in total. The fourth-order valence-electron chi connectivity index (χ4n) is 7.04. The summed E-state index contributed by atoms with van der Waals surface area (Å²) in [6, 6.07) is 6.82. The molecular weight excluding hydrogens is 550 g/mol. The van der Waals surface area contributed by atoms with Gasteiger partial charge in [0.1, 0.15) is 11.8 Å². The van der Waals surface area contributed by atoms with Crippen molar-refractivity contribution in [2.75, 3.05) is 44.3 Å². The van der Waals surface area contributed by atoms with Gasteiger partial charge in [-0.05, 0) is 63.3 Å². The molecule has 1 aromatic carbocycles. The van der Waals surface area contributed by atoms with Crippen LogP contribution in [-0.4, -0.2) is 88.1 Å². The Bertz CT molecular complexity index is 1130. The molecule has 2 bridgehead atoms. The van der Waals surface area contributed by atoms with Crippen LogP contribution in [0.25, 0.3) is 0 Å². The van der Waals surface area contributed by atoms with E-state index in [-0.39, 0.29) is 29.6 Å². The number of hydrogen-bond acceptors (Lipinski definition) is 6. The molecule has 42 heavy (non-hydrogen) atoms. The summed E-state index contributed by atoms with van der Waals surface area (Å²) in [4.78, 5) is 48.4. The summed E-state index contributed by atoms with van der Waals surface area (Å²) in [7, 11) is 0. The van der Waals surface area contributed by atoms with Gasteiger partial charge in [0.2, 0.25) is 17.7 Å². The van der Waals surface area contributed by atoms with Crippen LogP contribution in [-0.2, 0) is 14.4 Å². The first kappa shape index (κ1) is 32.1. The second-order valence-electron chi connectivity index (χ2n) is 11.5. The van der Waals surface area contributed by atoms with E-state index in [0.717, 1.165) is 43.5 Å². The molecule has 0 radical (unpaired) electrons. The highest BCUT2D eigenvalue weighted by atomic mass is 32.2. The van der Waals surface area contributed by atoms with Crippen LogP contribution in [0.15, 0.2) is 49.6 Å². The van der Waals surface area contributed by atoms with Crippen LogP contribution >= 0.6 is 11.8 Å². The lowest BCUT2D eigenvalue weighted by Crippen LogP contribution is -2.55. The van der Waals surface area contributed by atoms with Gasteiger partial charge in [0.25, 0.3) is 0 Å². The Morgan fingerprint density at radius 3 is 2.48 bits per heavy atom. The number of unbranched alkanes of at least 4 members (excludes halogenated alkanes) is 3. The van der Waals surface area contributed by atoms with Crippen molar-refractivity contribution in [3.05, 3.63) is 49.6 Å². The van der Waals surface area contributed by atoms with Gasteiger partial charge in [-0.1, -0.05) is 31.9 Å². The highest BCUT2D eigenvalue weighted by molar-refractivity contribution is 8.02. The minimum Gasteiger partial charge on any atom is -0.494 e. The van der Waals surface area contributed by atoms with E-state index >= 15 is 0 Å². The minimum atomic E-state index is -0.638. The molecule has 3 saturated heterocycles. The molecule has 3 heterocycles. The fourth-order valence-corrected chi connectivity index (χ4v) is 9.25. The van der Waals surface area contributed by atoms with E-state index in [1.165, 1.54) is 0 Å². The second kappa shape index (κ2) is 14.6. The Hall–Kier alpha value is -2.78. The highest BCUT2D eigenvalue weighted by Crippen LogP contribution is 2.66. The Morgan fingerprint density at radius 2 is 1.83 bits per heavy atom. The number of hydrogen-bond donors (Lipinski definition) is 1. The van der Waals surface area contributed by atoms with Crippen molar-refractivity contribution in [2.24, 2.45) is 11.8 Å². The van der Waals surface area contributed by atoms with Crippen LogP contribution in [0.4, 0.5) is 5.69 Å². The molecule has 0 aliphatic carbocycles. The summed E-state index contributed by atoms with van der Waals surface area (Å²) >= 11 is 1.69. The first-order chi connectivity index (χ1) is 20.4. The second-order valence-corrected chi connectivity index (χ2v) is 13.1. The zero-order chi connectivity index (χ0) is 30.3. The third kappa shape index (κ3) is 6.13. The standard InChI is InChI=1S/C33H47N3O5S/c1-5-9-10-21-34(19-6-2)32(40)29-33-18-17-26(42-33)27(28(33)31(39)36(29)22-11-12-23-37)30(38)35(20-7-3)24-13-15-25(16-14-24)41-8-4/h6-7,13-16,26-29,37H,2-3,5,8-12,17-23H2,1,4H3/t26-,27+,28+,29?,33?/m1/s1. The molecule has 2 unspecified atom stereocenters. The first-order valence-electron chi connectivity index (χ1n) is 15.5. The van der Waals surface area contributed by atoms with E-state index in [1.54, 1.807) is 33.7 Å². The number of anilines is 1. The normalized spacial score (nSPS) is 25.8. The van der Waals surface area contributed by atoms with Gasteiger partial charge in [-0.3, -0.25) is 14.4 Å². The van der Waals surface area contributed by atoms with Crippen molar-refractivity contribution in [2.45, 2.75) is 74.8 Å². The van der Waals surface area contributed by atoms with Crippen molar-refractivity contribution < 1.29 is 24.2 Å². The van der Waals surface area contributed by atoms with E-state index in [9.17, 15) is 19.5 Å². The molecule has 3 fully saturated rings. The van der Waals surface area contributed by atoms with E-state index in [0.29, 0.717) is 45.6 Å². The third-order valence-corrected chi connectivity index (χ3v) is 10.8. The van der Waals surface area contributed by atoms with Crippen LogP contribution in [0.3, 0.4) is 0 Å². The molecule has 230 valence electrons. The van der Waals surface area contributed by atoms with E-state index in [4.69, 9.17) is 4.74 Å². The minimum absolute atomic E-state index is 0.0238. The predicted octanol–water partition coefficient (Wildman–Crippen LogP) is 4.67.